The van der Waals surface area contributed by atoms with Crippen LogP contribution in [0.15, 0.2) is 18.2 Å². The summed E-state index contributed by atoms with van der Waals surface area (Å²) in [7, 11) is 1.72. The molecule has 2 N–H and O–H groups in total. The molecule has 1 aromatic carbocycles. The van der Waals surface area contributed by atoms with Gasteiger partial charge in [0.05, 0.1) is 20.3 Å². The second kappa shape index (κ2) is 4.50. The maximum atomic E-state index is 6.12. The van der Waals surface area contributed by atoms with Crippen molar-refractivity contribution < 1.29 is 9.47 Å². The first-order valence-corrected chi connectivity index (χ1v) is 7.10. The Morgan fingerprint density at radius 2 is 2.05 bits per heavy atom. The van der Waals surface area contributed by atoms with Crippen LogP contribution >= 0.6 is 0 Å². The second-order valence-corrected chi connectivity index (χ2v) is 6.10. The van der Waals surface area contributed by atoms with Gasteiger partial charge in [-0.25, -0.2) is 0 Å². The lowest BCUT2D eigenvalue weighted by Crippen LogP contribution is -2.64. The first kappa shape index (κ1) is 12.9. The molecular formula is C16H23NO2. The van der Waals surface area contributed by atoms with Crippen LogP contribution in [0.1, 0.15) is 30.4 Å². The SMILES string of the molecule is COc1ccc(C2(C3(CN)CCC3)COC2)cc1C. The molecule has 3 nitrogen and oxygen atoms in total. The van der Waals surface area contributed by atoms with Gasteiger partial charge in [0.25, 0.3) is 0 Å². The number of aryl methyl sites for hydroxylation is 1. The number of ether oxygens (including phenoxy) is 2. The van der Waals surface area contributed by atoms with Crippen LogP contribution in [0.3, 0.4) is 0 Å². The first-order chi connectivity index (χ1) is 9.17. The molecule has 0 bridgehead atoms. The highest BCUT2D eigenvalue weighted by molar-refractivity contribution is 5.42. The molecule has 3 heteroatoms. The predicted molar refractivity (Wildman–Crippen MR) is 75.6 cm³/mol. The molecule has 0 aromatic heterocycles. The zero-order valence-corrected chi connectivity index (χ0v) is 11.9. The smallest absolute Gasteiger partial charge is 0.121 e. The third-order valence-electron chi connectivity index (χ3n) is 5.36. The fourth-order valence-electron chi connectivity index (χ4n) is 3.74. The van der Waals surface area contributed by atoms with Gasteiger partial charge in [-0.05, 0) is 48.9 Å². The summed E-state index contributed by atoms with van der Waals surface area (Å²) in [6, 6.07) is 6.54. The summed E-state index contributed by atoms with van der Waals surface area (Å²) in [6.07, 6.45) is 3.77. The van der Waals surface area contributed by atoms with Gasteiger partial charge in [-0.3, -0.25) is 0 Å². The molecule has 0 unspecified atom stereocenters. The summed E-state index contributed by atoms with van der Waals surface area (Å²) in [5, 5.41) is 0. The Bertz CT molecular complexity index is 470. The van der Waals surface area contributed by atoms with E-state index < -0.39 is 0 Å². The highest BCUT2D eigenvalue weighted by Crippen LogP contribution is 2.58. The van der Waals surface area contributed by atoms with Crippen LogP contribution in [0.25, 0.3) is 0 Å². The van der Waals surface area contributed by atoms with E-state index in [1.165, 1.54) is 30.4 Å². The van der Waals surface area contributed by atoms with Gasteiger partial charge in [-0.2, -0.15) is 0 Å². The highest BCUT2D eigenvalue weighted by Gasteiger charge is 2.58. The van der Waals surface area contributed by atoms with Crippen molar-refractivity contribution in [1.82, 2.24) is 0 Å². The fraction of sp³-hybridized carbons (Fsp3) is 0.625. The average molecular weight is 261 g/mol. The molecule has 1 saturated carbocycles. The van der Waals surface area contributed by atoms with E-state index in [0.29, 0.717) is 0 Å². The number of benzene rings is 1. The Kier molecular flexibility index (Phi) is 3.06. The zero-order chi connectivity index (χ0) is 13.5. The Balaban J connectivity index is 2.00. The van der Waals surface area contributed by atoms with E-state index in [-0.39, 0.29) is 10.8 Å². The van der Waals surface area contributed by atoms with Crippen molar-refractivity contribution in [1.29, 1.82) is 0 Å². The molecule has 2 aliphatic rings. The van der Waals surface area contributed by atoms with Crippen molar-refractivity contribution in [3.63, 3.8) is 0 Å². The minimum Gasteiger partial charge on any atom is -0.496 e. The topological polar surface area (TPSA) is 44.5 Å². The number of rotatable bonds is 4. The first-order valence-electron chi connectivity index (χ1n) is 7.10. The van der Waals surface area contributed by atoms with Crippen molar-refractivity contribution in [3.05, 3.63) is 29.3 Å². The molecule has 1 heterocycles. The van der Waals surface area contributed by atoms with Crippen LogP contribution in [0, 0.1) is 12.3 Å². The minimum atomic E-state index is 0.136. The van der Waals surface area contributed by atoms with Crippen molar-refractivity contribution in [3.8, 4) is 5.75 Å². The summed E-state index contributed by atoms with van der Waals surface area (Å²) in [5.41, 5.74) is 9.08. The molecule has 0 radical (unpaired) electrons. The average Bonchev–Trinajstić information content (AvgIpc) is 2.31. The summed E-state index contributed by atoms with van der Waals surface area (Å²) in [6.45, 7) is 4.50. The molecule has 1 saturated heterocycles. The van der Waals surface area contributed by atoms with Crippen molar-refractivity contribution in [2.24, 2.45) is 11.1 Å². The maximum absolute atomic E-state index is 6.12. The normalized spacial score (nSPS) is 23.3. The summed E-state index contributed by atoms with van der Waals surface area (Å²) in [5.74, 6) is 0.953. The third kappa shape index (κ3) is 1.65. The van der Waals surface area contributed by atoms with E-state index in [4.69, 9.17) is 15.2 Å². The lowest BCUT2D eigenvalue weighted by Gasteiger charge is -2.60. The van der Waals surface area contributed by atoms with Crippen molar-refractivity contribution in [2.75, 3.05) is 26.9 Å². The fourth-order valence-corrected chi connectivity index (χ4v) is 3.74. The summed E-state index contributed by atoms with van der Waals surface area (Å²) < 4.78 is 10.9. The van der Waals surface area contributed by atoms with Crippen LogP contribution in [-0.4, -0.2) is 26.9 Å². The molecule has 0 amide bonds. The van der Waals surface area contributed by atoms with E-state index in [2.05, 4.69) is 25.1 Å². The molecule has 1 aliphatic carbocycles. The molecule has 104 valence electrons. The number of hydrogen-bond acceptors (Lipinski definition) is 3. The van der Waals surface area contributed by atoms with E-state index in [0.717, 1.165) is 25.5 Å². The molecule has 3 rings (SSSR count). The van der Waals surface area contributed by atoms with Crippen LogP contribution in [0.2, 0.25) is 0 Å². The molecule has 1 aromatic rings. The summed E-state index contributed by atoms with van der Waals surface area (Å²) in [4.78, 5) is 0. The van der Waals surface area contributed by atoms with Gasteiger partial charge in [-0.15, -0.1) is 0 Å². The largest absolute Gasteiger partial charge is 0.496 e. The van der Waals surface area contributed by atoms with E-state index >= 15 is 0 Å². The second-order valence-electron chi connectivity index (χ2n) is 6.10. The number of nitrogens with two attached hydrogens (primary N) is 1. The van der Waals surface area contributed by atoms with Crippen LogP contribution < -0.4 is 10.5 Å². The molecular weight excluding hydrogens is 238 g/mol. The van der Waals surface area contributed by atoms with Crippen molar-refractivity contribution in [2.45, 2.75) is 31.6 Å². The van der Waals surface area contributed by atoms with Crippen LogP contribution in [0.5, 0.6) is 5.75 Å². The monoisotopic (exact) mass is 261 g/mol. The Morgan fingerprint density at radius 1 is 1.32 bits per heavy atom. The minimum absolute atomic E-state index is 0.136. The molecule has 1 aliphatic heterocycles. The van der Waals surface area contributed by atoms with E-state index in [1.807, 2.05) is 0 Å². The van der Waals surface area contributed by atoms with E-state index in [9.17, 15) is 0 Å². The van der Waals surface area contributed by atoms with E-state index in [1.54, 1.807) is 7.11 Å². The quantitative estimate of drug-likeness (QED) is 0.905. The van der Waals surface area contributed by atoms with Crippen molar-refractivity contribution >= 4 is 0 Å². The Hall–Kier alpha value is -1.06. The lowest BCUT2D eigenvalue weighted by atomic mass is 9.49. The van der Waals surface area contributed by atoms with Gasteiger partial charge < -0.3 is 15.2 Å². The van der Waals surface area contributed by atoms with Gasteiger partial charge in [-0.1, -0.05) is 18.6 Å². The lowest BCUT2D eigenvalue weighted by molar-refractivity contribution is -0.154. The van der Waals surface area contributed by atoms with Crippen LogP contribution in [0.4, 0.5) is 0 Å². The zero-order valence-electron chi connectivity index (χ0n) is 11.9. The third-order valence-corrected chi connectivity index (χ3v) is 5.36. The van der Waals surface area contributed by atoms with Gasteiger partial charge in [0, 0.05) is 5.41 Å². The maximum Gasteiger partial charge on any atom is 0.121 e. The Labute approximate surface area is 115 Å². The molecule has 2 fully saturated rings. The molecule has 19 heavy (non-hydrogen) atoms. The predicted octanol–water partition coefficient (Wildman–Crippen LogP) is 2.40. The Morgan fingerprint density at radius 3 is 2.42 bits per heavy atom. The standard InChI is InChI=1S/C16H23NO2/c1-12-8-13(4-5-14(12)18-2)16(10-19-11-16)15(9-17)6-3-7-15/h4-5,8H,3,6-7,9-11,17H2,1-2H3. The van der Waals surface area contributed by atoms with Gasteiger partial charge in [0.1, 0.15) is 5.75 Å². The number of hydrogen-bond donors (Lipinski definition) is 1. The van der Waals surface area contributed by atoms with Gasteiger partial charge in [0.15, 0.2) is 0 Å². The van der Waals surface area contributed by atoms with Crippen LogP contribution in [-0.2, 0) is 10.2 Å². The summed E-state index contributed by atoms with van der Waals surface area (Å²) >= 11 is 0. The molecule has 0 spiro atoms. The number of methoxy groups -OCH3 is 1. The molecule has 0 atom stereocenters. The van der Waals surface area contributed by atoms with Gasteiger partial charge in [0.2, 0.25) is 0 Å². The van der Waals surface area contributed by atoms with Gasteiger partial charge >= 0.3 is 0 Å². The highest BCUT2D eigenvalue weighted by atomic mass is 16.5.